The minimum absolute atomic E-state index is 0.176. The van der Waals surface area contributed by atoms with E-state index in [0.29, 0.717) is 5.56 Å². The Bertz CT molecular complexity index is 407. The molecule has 0 saturated heterocycles. The fraction of sp³-hybridized carbons (Fsp3) is 0.111. The van der Waals surface area contributed by atoms with Gasteiger partial charge in [0.1, 0.15) is 4.90 Å². The lowest BCUT2D eigenvalue weighted by Gasteiger charge is -2.04. The zero-order valence-electron chi connectivity index (χ0n) is 7.23. The highest BCUT2D eigenvalue weighted by Gasteiger charge is 2.15. The van der Waals surface area contributed by atoms with Gasteiger partial charge in [0, 0.05) is 0 Å². The molecule has 0 aliphatic carbocycles. The van der Waals surface area contributed by atoms with E-state index >= 15 is 0 Å². The first-order chi connectivity index (χ1) is 6.08. The Morgan fingerprint density at radius 2 is 2.00 bits per heavy atom. The van der Waals surface area contributed by atoms with E-state index in [0.717, 1.165) is 6.26 Å². The molecule has 1 rings (SSSR count). The van der Waals surface area contributed by atoms with Gasteiger partial charge < -0.3 is 4.18 Å². The van der Waals surface area contributed by atoms with Crippen molar-refractivity contribution in [3.63, 3.8) is 0 Å². The van der Waals surface area contributed by atoms with Crippen molar-refractivity contribution in [2.24, 2.45) is 0 Å². The summed E-state index contributed by atoms with van der Waals surface area (Å²) in [5, 5.41) is 0. The Morgan fingerprint density at radius 1 is 1.38 bits per heavy atom. The van der Waals surface area contributed by atoms with Gasteiger partial charge in [-0.3, -0.25) is 0 Å². The minimum Gasteiger partial charge on any atom is -0.388 e. The lowest BCUT2D eigenvalue weighted by atomic mass is 10.2. The SMILES string of the molecule is C=COS(=O)(=O)c1ccccc1C. The Labute approximate surface area is 77.8 Å². The molecule has 1 aromatic rings. The van der Waals surface area contributed by atoms with Crippen LogP contribution in [0.1, 0.15) is 5.56 Å². The molecule has 0 amide bonds. The van der Waals surface area contributed by atoms with Crippen LogP contribution in [-0.4, -0.2) is 8.42 Å². The van der Waals surface area contributed by atoms with Crippen LogP contribution in [0.5, 0.6) is 0 Å². The minimum atomic E-state index is -3.66. The average Bonchev–Trinajstić information content (AvgIpc) is 2.04. The van der Waals surface area contributed by atoms with Crippen LogP contribution in [0, 0.1) is 6.92 Å². The van der Waals surface area contributed by atoms with Crippen LogP contribution < -0.4 is 0 Å². The van der Waals surface area contributed by atoms with Gasteiger partial charge in [0.05, 0.1) is 6.26 Å². The highest BCUT2D eigenvalue weighted by Crippen LogP contribution is 2.16. The van der Waals surface area contributed by atoms with Crippen molar-refractivity contribution in [3.05, 3.63) is 42.7 Å². The lowest BCUT2D eigenvalue weighted by molar-refractivity contribution is 0.444. The second-order valence-electron chi connectivity index (χ2n) is 2.48. The summed E-state index contributed by atoms with van der Waals surface area (Å²) < 4.78 is 27.2. The summed E-state index contributed by atoms with van der Waals surface area (Å²) >= 11 is 0. The van der Waals surface area contributed by atoms with Crippen LogP contribution in [0.25, 0.3) is 0 Å². The topological polar surface area (TPSA) is 43.4 Å². The maximum Gasteiger partial charge on any atom is 0.338 e. The first-order valence-corrected chi connectivity index (χ1v) is 5.08. The summed E-state index contributed by atoms with van der Waals surface area (Å²) in [6.07, 6.45) is 0.905. The zero-order chi connectivity index (χ0) is 9.90. The number of hydrogen-bond donors (Lipinski definition) is 0. The first-order valence-electron chi connectivity index (χ1n) is 3.68. The standard InChI is InChI=1S/C9H10O3S/c1-3-12-13(10,11)9-7-5-4-6-8(9)2/h3-7H,1H2,2H3. The van der Waals surface area contributed by atoms with Gasteiger partial charge in [-0.15, -0.1) is 0 Å². The van der Waals surface area contributed by atoms with Gasteiger partial charge in [-0.2, -0.15) is 8.42 Å². The quantitative estimate of drug-likeness (QED) is 0.550. The molecule has 0 N–H and O–H groups in total. The molecule has 0 heterocycles. The molecule has 0 spiro atoms. The molecule has 0 fully saturated rings. The number of aryl methyl sites for hydroxylation is 1. The van der Waals surface area contributed by atoms with Crippen molar-refractivity contribution < 1.29 is 12.6 Å². The van der Waals surface area contributed by atoms with E-state index in [1.165, 1.54) is 6.07 Å². The highest BCUT2D eigenvalue weighted by molar-refractivity contribution is 7.86. The van der Waals surface area contributed by atoms with Crippen molar-refractivity contribution in [2.45, 2.75) is 11.8 Å². The lowest BCUT2D eigenvalue weighted by Crippen LogP contribution is -2.03. The normalized spacial score (nSPS) is 10.8. The van der Waals surface area contributed by atoms with E-state index in [4.69, 9.17) is 0 Å². The van der Waals surface area contributed by atoms with Crippen molar-refractivity contribution in [1.29, 1.82) is 0 Å². The van der Waals surface area contributed by atoms with Gasteiger partial charge in [-0.1, -0.05) is 24.8 Å². The second kappa shape index (κ2) is 3.62. The third-order valence-electron chi connectivity index (χ3n) is 1.56. The van der Waals surface area contributed by atoms with Crippen LogP contribution in [0.15, 0.2) is 42.0 Å². The molecule has 0 unspecified atom stereocenters. The van der Waals surface area contributed by atoms with E-state index in [1.807, 2.05) is 0 Å². The Kier molecular flexibility index (Phi) is 2.72. The fourth-order valence-electron chi connectivity index (χ4n) is 0.978. The molecule has 4 heteroatoms. The second-order valence-corrected chi connectivity index (χ2v) is 4.02. The van der Waals surface area contributed by atoms with E-state index in [2.05, 4.69) is 10.8 Å². The Morgan fingerprint density at radius 3 is 2.54 bits per heavy atom. The monoisotopic (exact) mass is 198 g/mol. The van der Waals surface area contributed by atoms with Crippen molar-refractivity contribution in [2.75, 3.05) is 0 Å². The summed E-state index contributed by atoms with van der Waals surface area (Å²) in [6.45, 7) is 4.91. The molecule has 0 aliphatic rings. The number of rotatable bonds is 3. The Hall–Kier alpha value is -1.29. The fourth-order valence-corrected chi connectivity index (χ4v) is 1.97. The van der Waals surface area contributed by atoms with Gasteiger partial charge >= 0.3 is 10.1 Å². The van der Waals surface area contributed by atoms with Gasteiger partial charge in [-0.25, -0.2) is 0 Å². The van der Waals surface area contributed by atoms with E-state index in [-0.39, 0.29) is 4.90 Å². The van der Waals surface area contributed by atoms with Crippen molar-refractivity contribution in [1.82, 2.24) is 0 Å². The summed E-state index contributed by atoms with van der Waals surface area (Å²) in [6, 6.07) is 6.61. The van der Waals surface area contributed by atoms with Crippen LogP contribution in [-0.2, 0) is 14.3 Å². The maximum absolute atomic E-state index is 11.4. The molecule has 0 saturated carbocycles. The summed E-state index contributed by atoms with van der Waals surface area (Å²) in [7, 11) is -3.66. The Balaban J connectivity index is 3.22. The number of benzene rings is 1. The van der Waals surface area contributed by atoms with E-state index in [9.17, 15) is 8.42 Å². The van der Waals surface area contributed by atoms with Crippen LogP contribution >= 0.6 is 0 Å². The molecule has 3 nitrogen and oxygen atoms in total. The first kappa shape index (κ1) is 9.80. The smallest absolute Gasteiger partial charge is 0.338 e. The zero-order valence-corrected chi connectivity index (χ0v) is 8.04. The molecule has 0 aliphatic heterocycles. The molecule has 1 aromatic carbocycles. The maximum atomic E-state index is 11.4. The number of hydrogen-bond acceptors (Lipinski definition) is 3. The molecular formula is C9H10O3S. The highest BCUT2D eigenvalue weighted by atomic mass is 32.2. The molecule has 0 radical (unpaired) electrons. The van der Waals surface area contributed by atoms with Crippen LogP contribution in [0.2, 0.25) is 0 Å². The van der Waals surface area contributed by atoms with E-state index < -0.39 is 10.1 Å². The third kappa shape index (κ3) is 2.09. The van der Waals surface area contributed by atoms with Gasteiger partial charge in [0.2, 0.25) is 0 Å². The van der Waals surface area contributed by atoms with Crippen LogP contribution in [0.4, 0.5) is 0 Å². The summed E-state index contributed by atoms with van der Waals surface area (Å²) in [4.78, 5) is 0.176. The van der Waals surface area contributed by atoms with Crippen molar-refractivity contribution in [3.8, 4) is 0 Å². The van der Waals surface area contributed by atoms with E-state index in [1.54, 1.807) is 25.1 Å². The molecule has 13 heavy (non-hydrogen) atoms. The molecular weight excluding hydrogens is 188 g/mol. The average molecular weight is 198 g/mol. The summed E-state index contributed by atoms with van der Waals surface area (Å²) in [5.74, 6) is 0. The largest absolute Gasteiger partial charge is 0.388 e. The molecule has 70 valence electrons. The van der Waals surface area contributed by atoms with Crippen LogP contribution in [0.3, 0.4) is 0 Å². The molecule has 0 bridgehead atoms. The molecule has 0 aromatic heterocycles. The van der Waals surface area contributed by atoms with Gasteiger partial charge in [0.25, 0.3) is 0 Å². The van der Waals surface area contributed by atoms with Crippen molar-refractivity contribution >= 4 is 10.1 Å². The van der Waals surface area contributed by atoms with Gasteiger partial charge in [0.15, 0.2) is 0 Å². The predicted molar refractivity (Wildman–Crippen MR) is 49.6 cm³/mol. The third-order valence-corrected chi connectivity index (χ3v) is 2.94. The predicted octanol–water partition coefficient (Wildman–Crippen LogP) is 1.84. The van der Waals surface area contributed by atoms with Gasteiger partial charge in [-0.05, 0) is 18.6 Å². The summed E-state index contributed by atoms with van der Waals surface area (Å²) in [5.41, 5.74) is 0.657. The molecule has 0 atom stereocenters.